The predicted molar refractivity (Wildman–Crippen MR) is 77.6 cm³/mol. The minimum Gasteiger partial charge on any atom is -0.384 e. The van der Waals surface area contributed by atoms with Crippen molar-refractivity contribution in [2.45, 2.75) is 18.3 Å². The van der Waals surface area contributed by atoms with Crippen molar-refractivity contribution in [2.75, 3.05) is 5.01 Å². The molecule has 3 rings (SSSR count). The van der Waals surface area contributed by atoms with Gasteiger partial charge in [-0.3, -0.25) is 5.01 Å². The summed E-state index contributed by atoms with van der Waals surface area (Å²) in [7, 11) is 0. The summed E-state index contributed by atoms with van der Waals surface area (Å²) in [6, 6.07) is 16.2. The van der Waals surface area contributed by atoms with Crippen LogP contribution in [0.2, 0.25) is 0 Å². The number of benzene rings is 2. The normalized spacial score (nSPS) is 21.8. The number of para-hydroxylation sites is 1. The first-order valence-corrected chi connectivity index (χ1v) is 6.71. The van der Waals surface area contributed by atoms with E-state index < -0.39 is 24.0 Å². The van der Waals surface area contributed by atoms with Gasteiger partial charge in [0.25, 0.3) is 0 Å². The van der Waals surface area contributed by atoms with Crippen molar-refractivity contribution in [3.05, 3.63) is 66.2 Å². The number of aliphatic hydroxyl groups is 1. The molecule has 0 saturated carbocycles. The highest BCUT2D eigenvalue weighted by atomic mass is 19.4. The number of hydrazone groups is 1. The minimum absolute atomic E-state index is 0.495. The van der Waals surface area contributed by atoms with Gasteiger partial charge in [0.05, 0.1) is 5.69 Å². The molecule has 0 saturated heterocycles. The third-order valence-corrected chi connectivity index (χ3v) is 3.51. The van der Waals surface area contributed by atoms with Crippen LogP contribution in [0.5, 0.6) is 0 Å². The van der Waals surface area contributed by atoms with E-state index in [1.165, 1.54) is 5.01 Å². The van der Waals surface area contributed by atoms with Gasteiger partial charge in [0, 0.05) is 0 Å². The highest BCUT2D eigenvalue weighted by molar-refractivity contribution is 5.97. The van der Waals surface area contributed by atoms with E-state index in [2.05, 4.69) is 5.10 Å². The zero-order chi connectivity index (χ0) is 15.7. The summed E-state index contributed by atoms with van der Waals surface area (Å²) >= 11 is 0. The topological polar surface area (TPSA) is 35.8 Å². The van der Waals surface area contributed by atoms with Crippen molar-refractivity contribution in [3.63, 3.8) is 0 Å². The van der Waals surface area contributed by atoms with Crippen LogP contribution < -0.4 is 5.01 Å². The van der Waals surface area contributed by atoms with Crippen molar-refractivity contribution >= 4 is 11.4 Å². The molecule has 1 heterocycles. The highest BCUT2D eigenvalue weighted by Gasteiger charge is 2.50. The Hall–Kier alpha value is -2.34. The predicted octanol–water partition coefficient (Wildman–Crippen LogP) is 3.53. The second-order valence-corrected chi connectivity index (χ2v) is 4.96. The van der Waals surface area contributed by atoms with Gasteiger partial charge in [-0.15, -0.1) is 0 Å². The molecule has 0 aliphatic carbocycles. The quantitative estimate of drug-likeness (QED) is 0.921. The Balaban J connectivity index is 2.08. The van der Waals surface area contributed by atoms with Gasteiger partial charge >= 0.3 is 6.18 Å². The molecule has 1 aliphatic heterocycles. The molecule has 114 valence electrons. The average molecular weight is 306 g/mol. The van der Waals surface area contributed by atoms with E-state index in [4.69, 9.17) is 0 Å². The second kappa shape index (κ2) is 5.46. The monoisotopic (exact) mass is 306 g/mol. The molecule has 3 nitrogen and oxygen atoms in total. The first-order valence-electron chi connectivity index (χ1n) is 6.71. The third kappa shape index (κ3) is 2.57. The SMILES string of the molecule is O[C@@H]1C(C(F)(F)F)=NN(c2ccccc2)[C@H]1c1ccccc1. The van der Waals surface area contributed by atoms with Gasteiger partial charge in [-0.1, -0.05) is 48.5 Å². The molecular formula is C16H13F3N2O. The number of nitrogens with zero attached hydrogens (tertiary/aromatic N) is 2. The highest BCUT2D eigenvalue weighted by Crippen LogP contribution is 2.39. The Kier molecular flexibility index (Phi) is 3.62. The van der Waals surface area contributed by atoms with Crippen molar-refractivity contribution < 1.29 is 18.3 Å². The lowest BCUT2D eigenvalue weighted by Crippen LogP contribution is -2.36. The van der Waals surface area contributed by atoms with Crippen LogP contribution >= 0.6 is 0 Å². The maximum absolute atomic E-state index is 13.1. The molecular weight excluding hydrogens is 293 g/mol. The molecule has 1 N–H and O–H groups in total. The van der Waals surface area contributed by atoms with Gasteiger partial charge in [-0.05, 0) is 17.7 Å². The van der Waals surface area contributed by atoms with Crippen molar-refractivity contribution in [2.24, 2.45) is 5.10 Å². The second-order valence-electron chi connectivity index (χ2n) is 4.96. The van der Waals surface area contributed by atoms with Crippen LogP contribution in [0.15, 0.2) is 65.8 Å². The van der Waals surface area contributed by atoms with Crippen molar-refractivity contribution in [3.8, 4) is 0 Å². The zero-order valence-corrected chi connectivity index (χ0v) is 11.4. The molecule has 0 fully saturated rings. The summed E-state index contributed by atoms with van der Waals surface area (Å²) < 4.78 is 39.2. The maximum atomic E-state index is 13.1. The first kappa shape index (κ1) is 14.6. The molecule has 2 atom stereocenters. The van der Waals surface area contributed by atoms with Gasteiger partial charge in [0.15, 0.2) is 5.71 Å². The lowest BCUT2D eigenvalue weighted by molar-refractivity contribution is -0.0655. The Labute approximate surface area is 125 Å². The van der Waals surface area contributed by atoms with Crippen molar-refractivity contribution in [1.29, 1.82) is 0 Å². The standard InChI is InChI=1S/C16H13F3N2O/c17-16(18,19)15-14(22)13(11-7-3-1-4-8-11)21(20-15)12-9-5-2-6-10-12/h1-10,13-14,22H/t13-,14-/m0/s1. The van der Waals surface area contributed by atoms with Crippen LogP contribution in [0.3, 0.4) is 0 Å². The minimum atomic E-state index is -4.67. The van der Waals surface area contributed by atoms with E-state index in [0.29, 0.717) is 11.3 Å². The lowest BCUT2D eigenvalue weighted by atomic mass is 9.98. The van der Waals surface area contributed by atoms with Crippen LogP contribution in [0, 0.1) is 0 Å². The van der Waals surface area contributed by atoms with Crippen LogP contribution in [0.25, 0.3) is 0 Å². The number of halogens is 3. The molecule has 6 heteroatoms. The fourth-order valence-electron chi connectivity index (χ4n) is 2.52. The summed E-state index contributed by atoms with van der Waals surface area (Å²) in [4.78, 5) is 0. The van der Waals surface area contributed by atoms with E-state index in [1.807, 2.05) is 0 Å². The molecule has 2 aromatic carbocycles. The summed E-state index contributed by atoms with van der Waals surface area (Å²) in [5, 5.41) is 15.0. The van der Waals surface area contributed by atoms with Gasteiger partial charge in [0.2, 0.25) is 0 Å². The molecule has 0 amide bonds. The van der Waals surface area contributed by atoms with Crippen molar-refractivity contribution in [1.82, 2.24) is 0 Å². The number of hydrogen-bond donors (Lipinski definition) is 1. The molecule has 0 unspecified atom stereocenters. The Bertz CT molecular complexity index is 671. The number of aliphatic hydroxyl groups excluding tert-OH is 1. The molecule has 0 radical (unpaired) electrons. The Morgan fingerprint density at radius 3 is 2.00 bits per heavy atom. The largest absolute Gasteiger partial charge is 0.433 e. The fourth-order valence-corrected chi connectivity index (χ4v) is 2.52. The van der Waals surface area contributed by atoms with Gasteiger partial charge in [-0.25, -0.2) is 0 Å². The molecule has 0 aromatic heterocycles. The van der Waals surface area contributed by atoms with E-state index in [0.717, 1.165) is 0 Å². The maximum Gasteiger partial charge on any atom is 0.433 e. The number of alkyl halides is 3. The molecule has 0 spiro atoms. The summed E-state index contributed by atoms with van der Waals surface area (Å²) in [6.07, 6.45) is -6.40. The van der Waals surface area contributed by atoms with E-state index in [-0.39, 0.29) is 0 Å². The number of hydrogen-bond acceptors (Lipinski definition) is 3. The zero-order valence-electron chi connectivity index (χ0n) is 11.4. The third-order valence-electron chi connectivity index (χ3n) is 3.51. The van der Waals surface area contributed by atoms with Gasteiger partial charge in [0.1, 0.15) is 12.1 Å². The summed E-state index contributed by atoms with van der Waals surface area (Å²) in [6.45, 7) is 0. The smallest absolute Gasteiger partial charge is 0.384 e. The molecule has 22 heavy (non-hydrogen) atoms. The lowest BCUT2D eigenvalue weighted by Gasteiger charge is -2.26. The average Bonchev–Trinajstić information content (AvgIpc) is 2.86. The van der Waals surface area contributed by atoms with E-state index in [9.17, 15) is 18.3 Å². The Morgan fingerprint density at radius 2 is 1.45 bits per heavy atom. The fraction of sp³-hybridized carbons (Fsp3) is 0.188. The van der Waals surface area contributed by atoms with Gasteiger partial charge < -0.3 is 5.11 Å². The first-order chi connectivity index (χ1) is 10.5. The van der Waals surface area contributed by atoms with Crippen LogP contribution in [-0.2, 0) is 0 Å². The van der Waals surface area contributed by atoms with E-state index in [1.54, 1.807) is 60.7 Å². The summed E-state index contributed by atoms with van der Waals surface area (Å²) in [5.41, 5.74) is -0.110. The Morgan fingerprint density at radius 1 is 0.909 bits per heavy atom. The van der Waals surface area contributed by atoms with Crippen LogP contribution in [0.1, 0.15) is 11.6 Å². The number of rotatable bonds is 2. The molecule has 0 bridgehead atoms. The molecule has 2 aromatic rings. The number of anilines is 1. The summed E-state index contributed by atoms with van der Waals surface area (Å²) in [5.74, 6) is 0. The van der Waals surface area contributed by atoms with E-state index >= 15 is 0 Å². The van der Waals surface area contributed by atoms with Crippen LogP contribution in [-0.4, -0.2) is 23.1 Å². The van der Waals surface area contributed by atoms with Crippen LogP contribution in [0.4, 0.5) is 18.9 Å². The van der Waals surface area contributed by atoms with Gasteiger partial charge in [-0.2, -0.15) is 18.3 Å². The molecule has 1 aliphatic rings.